The number of nitrogens with zero attached hydrogens (tertiary/aromatic N) is 1. The van der Waals surface area contributed by atoms with Crippen LogP contribution in [0.25, 0.3) is 0 Å². The Balaban J connectivity index is 3.93. The van der Waals surface area contributed by atoms with Gasteiger partial charge in [-0.25, -0.2) is 10.5 Å². The molecule has 4 N–H and O–H groups in total. The molecule has 0 spiro atoms. The second-order valence-electron chi connectivity index (χ2n) is 2.75. The van der Waals surface area contributed by atoms with E-state index in [9.17, 15) is 0 Å². The van der Waals surface area contributed by atoms with Gasteiger partial charge in [0.15, 0.2) is 0 Å². The zero-order valence-corrected chi connectivity index (χ0v) is 7.33. The van der Waals surface area contributed by atoms with Crippen molar-refractivity contribution in [2.75, 3.05) is 0 Å². The highest BCUT2D eigenvalue weighted by atomic mass is 16.5. The molecule has 0 bridgehead atoms. The van der Waals surface area contributed by atoms with Crippen LogP contribution in [0.1, 0.15) is 27.2 Å². The van der Waals surface area contributed by atoms with Gasteiger partial charge in [-0.2, -0.15) is 0 Å². The van der Waals surface area contributed by atoms with Gasteiger partial charge in [-0.1, -0.05) is 20.3 Å². The fraction of sp³-hybridized carbons (Fsp3) is 0.857. The Bertz CT molecular complexity index is 136. The van der Waals surface area contributed by atoms with E-state index in [2.05, 4.69) is 18.8 Å². The third-order valence-electron chi connectivity index (χ3n) is 1.92. The number of rotatable bonds is 3. The molecule has 0 heterocycles. The quantitative estimate of drug-likeness (QED) is 0.323. The van der Waals surface area contributed by atoms with E-state index in [4.69, 9.17) is 10.9 Å². The van der Waals surface area contributed by atoms with Crippen molar-refractivity contribution in [1.29, 1.82) is 0 Å². The zero-order valence-electron chi connectivity index (χ0n) is 7.33. The summed E-state index contributed by atoms with van der Waals surface area (Å²) in [5.41, 5.74) is 7.06. The average molecular weight is 159 g/mol. The molecule has 4 nitrogen and oxygen atoms in total. The van der Waals surface area contributed by atoms with E-state index >= 15 is 0 Å². The minimum absolute atomic E-state index is 0.0813. The second-order valence-corrected chi connectivity index (χ2v) is 2.75. The average Bonchev–Trinajstić information content (AvgIpc) is 2.02. The van der Waals surface area contributed by atoms with Crippen LogP contribution in [0.15, 0.2) is 4.99 Å². The van der Waals surface area contributed by atoms with Gasteiger partial charge in [0.2, 0.25) is 5.96 Å². The first kappa shape index (κ1) is 10.2. The van der Waals surface area contributed by atoms with Crippen LogP contribution >= 0.6 is 0 Å². The summed E-state index contributed by atoms with van der Waals surface area (Å²) in [6.45, 7) is 6.16. The third kappa shape index (κ3) is 3.83. The summed E-state index contributed by atoms with van der Waals surface area (Å²) < 4.78 is 0. The van der Waals surface area contributed by atoms with Crippen molar-refractivity contribution >= 4 is 5.96 Å². The summed E-state index contributed by atoms with van der Waals surface area (Å²) >= 11 is 0. The minimum Gasteiger partial charge on any atom is -0.368 e. The maximum atomic E-state index is 8.33. The molecule has 0 aromatic carbocycles. The van der Waals surface area contributed by atoms with Crippen molar-refractivity contribution in [3.05, 3.63) is 0 Å². The van der Waals surface area contributed by atoms with E-state index in [0.717, 1.165) is 6.42 Å². The van der Waals surface area contributed by atoms with E-state index in [0.29, 0.717) is 5.92 Å². The van der Waals surface area contributed by atoms with Crippen molar-refractivity contribution < 1.29 is 5.21 Å². The first-order valence-corrected chi connectivity index (χ1v) is 3.85. The number of aliphatic imine (C=N–C) groups is 1. The Kier molecular flexibility index (Phi) is 4.61. The molecule has 11 heavy (non-hydrogen) atoms. The minimum atomic E-state index is 0.0813. The summed E-state index contributed by atoms with van der Waals surface area (Å²) in [5, 5.41) is 8.33. The number of hydrogen-bond acceptors (Lipinski definition) is 2. The lowest BCUT2D eigenvalue weighted by Gasteiger charge is -2.13. The van der Waals surface area contributed by atoms with Gasteiger partial charge >= 0.3 is 0 Å². The standard InChI is InChI=1S/C7H17N3O/c1-4-5(2)6(3)9-7(8)10-11/h5-6,11H,4H2,1-3H3,(H3,8,9,10). The molecule has 4 heteroatoms. The van der Waals surface area contributed by atoms with E-state index in [1.807, 2.05) is 6.92 Å². The van der Waals surface area contributed by atoms with Crippen LogP contribution in [0.2, 0.25) is 0 Å². The van der Waals surface area contributed by atoms with Crippen molar-refractivity contribution in [1.82, 2.24) is 5.48 Å². The van der Waals surface area contributed by atoms with Crippen molar-refractivity contribution in [3.63, 3.8) is 0 Å². The van der Waals surface area contributed by atoms with Crippen LogP contribution in [-0.2, 0) is 0 Å². The Hall–Kier alpha value is -0.770. The fourth-order valence-corrected chi connectivity index (χ4v) is 0.717. The van der Waals surface area contributed by atoms with Gasteiger partial charge in [0.1, 0.15) is 0 Å². The summed E-state index contributed by atoms with van der Waals surface area (Å²) in [6, 6.07) is 0.152. The van der Waals surface area contributed by atoms with Crippen molar-refractivity contribution in [2.45, 2.75) is 33.2 Å². The highest BCUT2D eigenvalue weighted by Crippen LogP contribution is 2.09. The van der Waals surface area contributed by atoms with E-state index in [1.54, 1.807) is 5.48 Å². The molecule has 0 aliphatic heterocycles. The number of hydrogen-bond donors (Lipinski definition) is 3. The Morgan fingerprint density at radius 3 is 2.55 bits per heavy atom. The molecule has 0 aromatic rings. The molecule has 0 aliphatic rings. The van der Waals surface area contributed by atoms with Gasteiger partial charge in [-0.3, -0.25) is 5.21 Å². The van der Waals surface area contributed by atoms with Crippen molar-refractivity contribution in [2.24, 2.45) is 16.6 Å². The smallest absolute Gasteiger partial charge is 0.213 e. The van der Waals surface area contributed by atoms with Crippen molar-refractivity contribution in [3.8, 4) is 0 Å². The molecule has 0 fully saturated rings. The van der Waals surface area contributed by atoms with Crippen LogP contribution in [0.4, 0.5) is 0 Å². The van der Waals surface area contributed by atoms with Crippen LogP contribution in [0.3, 0.4) is 0 Å². The van der Waals surface area contributed by atoms with E-state index in [1.165, 1.54) is 0 Å². The molecule has 0 saturated carbocycles. The van der Waals surface area contributed by atoms with Gasteiger partial charge in [-0.15, -0.1) is 0 Å². The molecule has 2 atom stereocenters. The molecule has 0 rings (SSSR count). The summed E-state index contributed by atoms with van der Waals surface area (Å²) in [6.07, 6.45) is 1.06. The van der Waals surface area contributed by atoms with Gasteiger partial charge in [0, 0.05) is 0 Å². The maximum Gasteiger partial charge on any atom is 0.213 e. The maximum absolute atomic E-state index is 8.33. The predicted octanol–water partition coefficient (Wildman–Crippen LogP) is 0.715. The summed E-state index contributed by atoms with van der Waals surface area (Å²) in [5.74, 6) is 0.569. The SMILES string of the molecule is CCC(C)C(C)N=C(N)NO. The zero-order chi connectivity index (χ0) is 8.85. The second kappa shape index (κ2) is 4.96. The highest BCUT2D eigenvalue weighted by Gasteiger charge is 2.08. The van der Waals surface area contributed by atoms with Gasteiger partial charge in [0.05, 0.1) is 6.04 Å². The number of guanidine groups is 1. The lowest BCUT2D eigenvalue weighted by atomic mass is 10.0. The molecule has 0 aromatic heterocycles. The Labute approximate surface area is 67.5 Å². The molecule has 0 amide bonds. The summed E-state index contributed by atoms with van der Waals surface area (Å²) in [7, 11) is 0. The largest absolute Gasteiger partial charge is 0.368 e. The Morgan fingerprint density at radius 1 is 1.64 bits per heavy atom. The molecular formula is C7H17N3O. The van der Waals surface area contributed by atoms with E-state index < -0.39 is 0 Å². The number of nitrogens with two attached hydrogens (primary N) is 1. The van der Waals surface area contributed by atoms with Crippen LogP contribution in [0, 0.1) is 5.92 Å². The molecule has 0 aliphatic carbocycles. The Morgan fingerprint density at radius 2 is 2.18 bits per heavy atom. The predicted molar refractivity (Wildman–Crippen MR) is 45.5 cm³/mol. The number of nitrogens with one attached hydrogen (secondary N) is 1. The lowest BCUT2D eigenvalue weighted by molar-refractivity contribution is 0.231. The monoisotopic (exact) mass is 159 g/mol. The summed E-state index contributed by atoms with van der Waals surface area (Å²) in [4.78, 5) is 4.00. The highest BCUT2D eigenvalue weighted by molar-refractivity contribution is 5.76. The van der Waals surface area contributed by atoms with Crippen LogP contribution in [0.5, 0.6) is 0 Å². The van der Waals surface area contributed by atoms with Gasteiger partial charge in [0.25, 0.3) is 0 Å². The normalized spacial score (nSPS) is 17.6. The first-order valence-electron chi connectivity index (χ1n) is 3.85. The molecule has 0 radical (unpaired) electrons. The van der Waals surface area contributed by atoms with Crippen LogP contribution < -0.4 is 11.2 Å². The first-order chi connectivity index (χ1) is 5.11. The molecule has 0 saturated heterocycles. The topological polar surface area (TPSA) is 70.6 Å². The molecule has 66 valence electrons. The van der Waals surface area contributed by atoms with E-state index in [-0.39, 0.29) is 12.0 Å². The third-order valence-corrected chi connectivity index (χ3v) is 1.92. The lowest BCUT2D eigenvalue weighted by Crippen LogP contribution is -2.30. The molecular weight excluding hydrogens is 142 g/mol. The van der Waals surface area contributed by atoms with Gasteiger partial charge < -0.3 is 5.73 Å². The van der Waals surface area contributed by atoms with Gasteiger partial charge in [-0.05, 0) is 12.8 Å². The van der Waals surface area contributed by atoms with Crippen LogP contribution in [-0.4, -0.2) is 17.2 Å². The number of hydroxylamine groups is 1. The molecule has 2 unspecified atom stereocenters. The fourth-order valence-electron chi connectivity index (χ4n) is 0.717.